The van der Waals surface area contributed by atoms with E-state index in [1.54, 1.807) is 0 Å². The van der Waals surface area contributed by atoms with Gasteiger partial charge in [-0.3, -0.25) is 4.98 Å². The number of hydrogen-bond donors (Lipinski definition) is 0. The Kier molecular flexibility index (Phi) is 3.25. The molecule has 0 aliphatic rings. The lowest BCUT2D eigenvalue weighted by molar-refractivity contribution is 0.144. The van der Waals surface area contributed by atoms with Gasteiger partial charge in [-0.2, -0.15) is 0 Å². The zero-order chi connectivity index (χ0) is 11.8. The van der Waals surface area contributed by atoms with E-state index in [1.807, 2.05) is 0 Å². The average molecular weight is 260 g/mol. The van der Waals surface area contributed by atoms with Gasteiger partial charge < -0.3 is 0 Å². The van der Waals surface area contributed by atoms with Gasteiger partial charge in [-0.05, 0) is 6.92 Å². The van der Waals surface area contributed by atoms with Crippen LogP contribution >= 0.6 is 10.7 Å². The number of rotatable bonds is 2. The van der Waals surface area contributed by atoms with Gasteiger partial charge in [0.2, 0.25) is 0 Å². The number of aromatic nitrogens is 1. The summed E-state index contributed by atoms with van der Waals surface area (Å²) >= 11 is 0. The largest absolute Gasteiger partial charge is 0.280 e. The quantitative estimate of drug-likeness (QED) is 0.766. The van der Waals surface area contributed by atoms with Crippen molar-refractivity contribution in [1.82, 2.24) is 4.98 Å². The van der Waals surface area contributed by atoms with E-state index in [0.29, 0.717) is 6.20 Å². The predicted molar refractivity (Wildman–Crippen MR) is 46.9 cm³/mol. The normalized spacial score (nSPS) is 12.1. The maximum atomic E-state index is 13.3. The lowest BCUT2D eigenvalue weighted by atomic mass is 10.2. The SMILES string of the molecule is Cc1c(C(F)F)ncc(S(=O)(=O)Cl)c1F. The molecule has 1 aromatic rings. The lowest BCUT2D eigenvalue weighted by Crippen LogP contribution is -2.04. The maximum Gasteiger partial charge on any atom is 0.280 e. The molecule has 3 nitrogen and oxygen atoms in total. The summed E-state index contributed by atoms with van der Waals surface area (Å²) in [5.74, 6) is -1.30. The van der Waals surface area contributed by atoms with E-state index >= 15 is 0 Å². The number of alkyl halides is 2. The number of hydrogen-bond acceptors (Lipinski definition) is 3. The summed E-state index contributed by atoms with van der Waals surface area (Å²) in [4.78, 5) is 2.25. The standard InChI is InChI=1S/C7H5ClF3NO2S/c1-3-5(9)4(15(8,13)14)2-12-6(3)7(10)11/h2,7H,1H3. The minimum absolute atomic E-state index is 0.478. The van der Waals surface area contributed by atoms with Crippen molar-refractivity contribution in [2.45, 2.75) is 18.2 Å². The number of nitrogens with zero attached hydrogens (tertiary/aromatic N) is 1. The molecule has 0 spiro atoms. The van der Waals surface area contributed by atoms with E-state index in [2.05, 4.69) is 4.98 Å². The molecule has 0 saturated heterocycles. The molecule has 0 atom stereocenters. The van der Waals surface area contributed by atoms with Gasteiger partial charge in [0.25, 0.3) is 15.5 Å². The second-order valence-corrected chi connectivity index (χ2v) is 5.22. The summed E-state index contributed by atoms with van der Waals surface area (Å²) in [6.07, 6.45) is -2.49. The van der Waals surface area contributed by atoms with Crippen LogP contribution in [0.4, 0.5) is 13.2 Å². The third kappa shape index (κ3) is 2.40. The zero-order valence-corrected chi connectivity index (χ0v) is 8.91. The second-order valence-electron chi connectivity index (χ2n) is 2.69. The molecule has 84 valence electrons. The molecule has 0 amide bonds. The van der Waals surface area contributed by atoms with Crippen LogP contribution in [0, 0.1) is 12.7 Å². The first-order valence-corrected chi connectivity index (χ1v) is 5.94. The highest BCUT2D eigenvalue weighted by Crippen LogP contribution is 2.27. The topological polar surface area (TPSA) is 47.0 Å². The second kappa shape index (κ2) is 3.97. The molecule has 1 aromatic heterocycles. The van der Waals surface area contributed by atoms with Crippen molar-refractivity contribution >= 4 is 19.7 Å². The summed E-state index contributed by atoms with van der Waals surface area (Å²) in [6, 6.07) is 0. The van der Waals surface area contributed by atoms with E-state index in [-0.39, 0.29) is 0 Å². The average Bonchev–Trinajstić information content (AvgIpc) is 2.06. The highest BCUT2D eigenvalue weighted by molar-refractivity contribution is 8.13. The Labute approximate surface area is 88.3 Å². The van der Waals surface area contributed by atoms with Gasteiger partial charge in [0, 0.05) is 16.2 Å². The first kappa shape index (κ1) is 12.3. The Hall–Kier alpha value is -0.820. The molecule has 0 N–H and O–H groups in total. The van der Waals surface area contributed by atoms with Crippen molar-refractivity contribution in [2.24, 2.45) is 0 Å². The highest BCUT2D eigenvalue weighted by Gasteiger charge is 2.23. The molecule has 0 aromatic carbocycles. The van der Waals surface area contributed by atoms with Gasteiger partial charge in [-0.15, -0.1) is 0 Å². The van der Waals surface area contributed by atoms with E-state index in [4.69, 9.17) is 10.7 Å². The molecule has 0 aliphatic carbocycles. The Morgan fingerprint density at radius 1 is 1.47 bits per heavy atom. The highest BCUT2D eigenvalue weighted by atomic mass is 35.7. The zero-order valence-electron chi connectivity index (χ0n) is 7.34. The van der Waals surface area contributed by atoms with Crippen LogP contribution in [0.5, 0.6) is 0 Å². The van der Waals surface area contributed by atoms with Crippen LogP contribution in [0.2, 0.25) is 0 Å². The fourth-order valence-corrected chi connectivity index (χ4v) is 1.84. The smallest absolute Gasteiger partial charge is 0.253 e. The molecule has 0 bridgehead atoms. The first-order valence-electron chi connectivity index (χ1n) is 3.63. The van der Waals surface area contributed by atoms with Crippen molar-refractivity contribution < 1.29 is 21.6 Å². The molecule has 1 heterocycles. The summed E-state index contributed by atoms with van der Waals surface area (Å²) in [7, 11) is 0.564. The van der Waals surface area contributed by atoms with Crippen molar-refractivity contribution in [3.05, 3.63) is 23.3 Å². The third-order valence-corrected chi connectivity index (χ3v) is 3.03. The Bertz CT molecular complexity index is 489. The van der Waals surface area contributed by atoms with Crippen molar-refractivity contribution in [3.63, 3.8) is 0 Å². The number of halogens is 4. The van der Waals surface area contributed by atoms with Crippen molar-refractivity contribution in [1.29, 1.82) is 0 Å². The van der Waals surface area contributed by atoms with Crippen LogP contribution < -0.4 is 0 Å². The van der Waals surface area contributed by atoms with Crippen molar-refractivity contribution in [2.75, 3.05) is 0 Å². The van der Waals surface area contributed by atoms with Crippen LogP contribution in [0.25, 0.3) is 0 Å². The van der Waals surface area contributed by atoms with Crippen molar-refractivity contribution in [3.8, 4) is 0 Å². The molecule has 15 heavy (non-hydrogen) atoms. The molecule has 0 fully saturated rings. The lowest BCUT2D eigenvalue weighted by Gasteiger charge is -2.06. The molecule has 0 unspecified atom stereocenters. The van der Waals surface area contributed by atoms with E-state index < -0.39 is 37.4 Å². The summed E-state index contributed by atoms with van der Waals surface area (Å²) < 4.78 is 59.3. The van der Waals surface area contributed by atoms with E-state index in [0.717, 1.165) is 6.92 Å². The Morgan fingerprint density at radius 3 is 2.40 bits per heavy atom. The van der Waals surface area contributed by atoms with Gasteiger partial charge in [0.1, 0.15) is 16.4 Å². The molecule has 0 aliphatic heterocycles. The number of pyridine rings is 1. The molecular formula is C7H5ClF3NO2S. The predicted octanol–water partition coefficient (Wildman–Crippen LogP) is 2.39. The molecule has 0 saturated carbocycles. The Balaban J connectivity index is 3.48. The molecular weight excluding hydrogens is 255 g/mol. The van der Waals surface area contributed by atoms with Gasteiger partial charge >= 0.3 is 0 Å². The first-order chi connectivity index (χ1) is 6.75. The van der Waals surface area contributed by atoms with Gasteiger partial charge in [0.15, 0.2) is 0 Å². The third-order valence-electron chi connectivity index (χ3n) is 1.72. The van der Waals surface area contributed by atoms with E-state index in [9.17, 15) is 21.6 Å². The van der Waals surface area contributed by atoms with Crippen LogP contribution in [0.1, 0.15) is 17.7 Å². The summed E-state index contributed by atoms with van der Waals surface area (Å²) in [5, 5.41) is 0. The van der Waals surface area contributed by atoms with Gasteiger partial charge in [0.05, 0.1) is 6.20 Å². The van der Waals surface area contributed by atoms with Gasteiger partial charge in [-0.1, -0.05) is 0 Å². The van der Waals surface area contributed by atoms with Gasteiger partial charge in [-0.25, -0.2) is 21.6 Å². The minimum Gasteiger partial charge on any atom is -0.253 e. The van der Waals surface area contributed by atoms with Crippen LogP contribution in [0.3, 0.4) is 0 Å². The molecule has 0 radical (unpaired) electrons. The Morgan fingerprint density at radius 2 is 2.00 bits per heavy atom. The summed E-state index contributed by atoms with van der Waals surface area (Å²) in [6.45, 7) is 1.01. The minimum atomic E-state index is -4.31. The fraction of sp³-hybridized carbons (Fsp3) is 0.286. The van der Waals surface area contributed by atoms with Crippen LogP contribution in [0.15, 0.2) is 11.1 Å². The summed E-state index contributed by atoms with van der Waals surface area (Å²) in [5.41, 5.74) is -1.32. The maximum absolute atomic E-state index is 13.3. The molecule has 1 rings (SSSR count). The van der Waals surface area contributed by atoms with E-state index in [1.165, 1.54) is 0 Å². The van der Waals surface area contributed by atoms with Crippen LogP contribution in [-0.4, -0.2) is 13.4 Å². The van der Waals surface area contributed by atoms with Crippen LogP contribution in [-0.2, 0) is 9.05 Å². The monoisotopic (exact) mass is 259 g/mol. The molecule has 8 heteroatoms. The fourth-order valence-electron chi connectivity index (χ4n) is 0.969.